The SMILES string of the molecule is CC(C)(c1ccc(OCc2ccnc(N3CC4(COC4)C3)n2)cc1)c1ccc(C(=O)Nc2ccc3c(c2)C(=O)N(C2CCC(=O)NC2=O)C3=O)cc1. The molecule has 5 heterocycles. The fraction of sp³-hybridized carbons (Fsp3) is 0.308. The van der Waals surface area contributed by atoms with Crippen molar-refractivity contribution in [1.82, 2.24) is 20.2 Å². The summed E-state index contributed by atoms with van der Waals surface area (Å²) in [5, 5.41) is 4.98. The van der Waals surface area contributed by atoms with Crippen LogP contribution in [0.3, 0.4) is 0 Å². The van der Waals surface area contributed by atoms with Gasteiger partial charge in [0.25, 0.3) is 17.7 Å². The highest BCUT2D eigenvalue weighted by Crippen LogP contribution is 2.39. The standard InChI is InChI=1S/C39H36N6O7/c1-38(2,25-7-10-28(11-8-25)52-18-27-15-16-40-37(42-27)44-19-39(20-44)21-51-22-39)24-5-3-23(4-6-24)33(47)41-26-9-12-29-30(17-26)36(50)45(35(29)49)31-13-14-32(46)43-34(31)48/h3-12,15-17,31H,13-14,18-22H2,1-2H3,(H,41,47)(H,43,46,48). The molecular formula is C39H36N6O7. The average molecular weight is 701 g/mol. The molecule has 2 N–H and O–H groups in total. The molecule has 1 unspecified atom stereocenters. The Morgan fingerprint density at radius 1 is 0.942 bits per heavy atom. The third kappa shape index (κ3) is 5.96. The molecule has 1 atom stereocenters. The second-order valence-corrected chi connectivity index (χ2v) is 14.4. The number of anilines is 2. The van der Waals surface area contributed by atoms with Crippen LogP contribution in [-0.4, -0.2) is 76.7 Å². The maximum atomic E-state index is 13.2. The third-order valence-corrected chi connectivity index (χ3v) is 10.4. The Kier molecular flexibility index (Phi) is 8.09. The summed E-state index contributed by atoms with van der Waals surface area (Å²) in [6, 6.07) is 20.5. The van der Waals surface area contributed by atoms with Crippen LogP contribution >= 0.6 is 0 Å². The molecular weight excluding hydrogens is 664 g/mol. The summed E-state index contributed by atoms with van der Waals surface area (Å²) in [5.74, 6) is -1.31. The zero-order valence-corrected chi connectivity index (χ0v) is 28.7. The van der Waals surface area contributed by atoms with Crippen LogP contribution in [0.15, 0.2) is 79.0 Å². The van der Waals surface area contributed by atoms with E-state index in [0.29, 0.717) is 17.9 Å². The Hall–Kier alpha value is -5.95. The largest absolute Gasteiger partial charge is 0.487 e. The fourth-order valence-electron chi connectivity index (χ4n) is 7.18. The lowest BCUT2D eigenvalue weighted by molar-refractivity contribution is -0.136. The van der Waals surface area contributed by atoms with Gasteiger partial charge in [0.05, 0.1) is 35.4 Å². The average Bonchev–Trinajstić information content (AvgIpc) is 3.34. The first-order valence-corrected chi connectivity index (χ1v) is 17.2. The van der Waals surface area contributed by atoms with Gasteiger partial charge in [-0.2, -0.15) is 0 Å². The van der Waals surface area contributed by atoms with Crippen molar-refractivity contribution in [2.75, 3.05) is 36.5 Å². The van der Waals surface area contributed by atoms with Crippen molar-refractivity contribution >= 4 is 41.2 Å². The molecule has 8 rings (SSSR count). The van der Waals surface area contributed by atoms with E-state index in [2.05, 4.69) is 39.3 Å². The van der Waals surface area contributed by atoms with Crippen LogP contribution in [0.2, 0.25) is 0 Å². The Balaban J connectivity index is 0.878. The van der Waals surface area contributed by atoms with Gasteiger partial charge >= 0.3 is 0 Å². The van der Waals surface area contributed by atoms with Gasteiger partial charge in [0.2, 0.25) is 17.8 Å². The van der Waals surface area contributed by atoms with Crippen molar-refractivity contribution in [3.05, 3.63) is 113 Å². The van der Waals surface area contributed by atoms with Crippen molar-refractivity contribution in [3.8, 4) is 5.75 Å². The summed E-state index contributed by atoms with van der Waals surface area (Å²) in [7, 11) is 0. The zero-order chi connectivity index (χ0) is 36.2. The lowest BCUT2D eigenvalue weighted by atomic mass is 9.78. The van der Waals surface area contributed by atoms with Crippen LogP contribution < -0.4 is 20.3 Å². The number of aromatic nitrogens is 2. The van der Waals surface area contributed by atoms with Gasteiger partial charge in [-0.1, -0.05) is 38.1 Å². The van der Waals surface area contributed by atoms with Crippen molar-refractivity contribution < 1.29 is 33.4 Å². The van der Waals surface area contributed by atoms with E-state index in [1.165, 1.54) is 12.1 Å². The number of imide groups is 2. The van der Waals surface area contributed by atoms with E-state index in [1.54, 1.807) is 24.4 Å². The normalized spacial score (nSPS) is 19.2. The van der Waals surface area contributed by atoms with Crippen molar-refractivity contribution in [1.29, 1.82) is 0 Å². The number of carbonyl (C=O) groups is 5. The van der Waals surface area contributed by atoms with E-state index >= 15 is 0 Å². The van der Waals surface area contributed by atoms with Gasteiger partial charge in [0, 0.05) is 42.4 Å². The monoisotopic (exact) mass is 700 g/mol. The Morgan fingerprint density at radius 3 is 2.31 bits per heavy atom. The first-order chi connectivity index (χ1) is 25.0. The topological polar surface area (TPSA) is 160 Å². The molecule has 264 valence electrons. The molecule has 0 saturated carbocycles. The number of piperidine rings is 1. The van der Waals surface area contributed by atoms with E-state index in [-0.39, 0.29) is 40.7 Å². The van der Waals surface area contributed by atoms with Gasteiger partial charge in [0.1, 0.15) is 18.4 Å². The minimum atomic E-state index is -1.06. The van der Waals surface area contributed by atoms with E-state index in [0.717, 1.165) is 59.7 Å². The number of amides is 5. The predicted octanol–water partition coefficient (Wildman–Crippen LogP) is 3.87. The van der Waals surface area contributed by atoms with Crippen molar-refractivity contribution in [2.24, 2.45) is 5.41 Å². The van der Waals surface area contributed by atoms with Crippen LogP contribution in [0.25, 0.3) is 0 Å². The van der Waals surface area contributed by atoms with Gasteiger partial charge in [-0.05, 0) is 66.1 Å². The van der Waals surface area contributed by atoms with Gasteiger partial charge < -0.3 is 19.7 Å². The number of rotatable bonds is 9. The van der Waals surface area contributed by atoms with Crippen molar-refractivity contribution in [2.45, 2.75) is 44.8 Å². The Labute approximate surface area is 299 Å². The highest BCUT2D eigenvalue weighted by atomic mass is 16.5. The molecule has 5 amide bonds. The number of fused-ring (bicyclic) bond motifs is 1. The van der Waals surface area contributed by atoms with Gasteiger partial charge in [0.15, 0.2) is 0 Å². The summed E-state index contributed by atoms with van der Waals surface area (Å²) < 4.78 is 11.4. The number of ether oxygens (including phenoxy) is 2. The molecule has 1 aromatic heterocycles. The molecule has 1 spiro atoms. The van der Waals surface area contributed by atoms with E-state index in [1.807, 2.05) is 42.5 Å². The number of hydrogen-bond acceptors (Lipinski definition) is 10. The van der Waals surface area contributed by atoms with Crippen LogP contribution in [0.4, 0.5) is 11.6 Å². The maximum absolute atomic E-state index is 13.2. The molecule has 0 bridgehead atoms. The molecule has 0 aliphatic carbocycles. The predicted molar refractivity (Wildman–Crippen MR) is 188 cm³/mol. The quantitative estimate of drug-likeness (QED) is 0.246. The second-order valence-electron chi connectivity index (χ2n) is 14.4. The number of benzene rings is 3. The summed E-state index contributed by atoms with van der Waals surface area (Å²) in [6.45, 7) is 8.00. The molecule has 3 aromatic carbocycles. The van der Waals surface area contributed by atoms with E-state index < -0.39 is 29.7 Å². The number of nitrogens with zero attached hydrogens (tertiary/aromatic N) is 4. The van der Waals surface area contributed by atoms with Gasteiger partial charge in [-0.25, -0.2) is 9.97 Å². The number of hydrogen-bond donors (Lipinski definition) is 2. The smallest absolute Gasteiger partial charge is 0.262 e. The molecule has 4 aromatic rings. The Bertz CT molecular complexity index is 2120. The van der Waals surface area contributed by atoms with E-state index in [4.69, 9.17) is 9.47 Å². The second kappa shape index (κ2) is 12.7. The third-order valence-electron chi connectivity index (χ3n) is 10.4. The first kappa shape index (κ1) is 33.2. The molecule has 3 saturated heterocycles. The molecule has 0 radical (unpaired) electrons. The van der Waals surface area contributed by atoms with Gasteiger partial charge in [-0.15, -0.1) is 0 Å². The van der Waals surface area contributed by atoms with Crippen LogP contribution in [0.5, 0.6) is 5.75 Å². The van der Waals surface area contributed by atoms with Crippen molar-refractivity contribution in [3.63, 3.8) is 0 Å². The highest BCUT2D eigenvalue weighted by molar-refractivity contribution is 6.24. The molecule has 52 heavy (non-hydrogen) atoms. The molecule has 13 heteroatoms. The molecule has 4 aliphatic rings. The Morgan fingerprint density at radius 2 is 1.63 bits per heavy atom. The minimum absolute atomic E-state index is 0.0335. The first-order valence-electron chi connectivity index (χ1n) is 17.2. The highest BCUT2D eigenvalue weighted by Gasteiger charge is 2.50. The summed E-state index contributed by atoms with van der Waals surface area (Å²) >= 11 is 0. The summed E-state index contributed by atoms with van der Waals surface area (Å²) in [6.07, 6.45) is 1.86. The van der Waals surface area contributed by atoms with Gasteiger partial charge in [-0.3, -0.25) is 34.2 Å². The fourth-order valence-corrected chi connectivity index (χ4v) is 7.18. The number of nitrogens with one attached hydrogen (secondary N) is 2. The molecule has 3 fully saturated rings. The zero-order valence-electron chi connectivity index (χ0n) is 28.7. The molecule has 13 nitrogen and oxygen atoms in total. The lowest BCUT2D eigenvalue weighted by Gasteiger charge is -2.54. The summed E-state index contributed by atoms with van der Waals surface area (Å²) in [5.41, 5.74) is 3.75. The maximum Gasteiger partial charge on any atom is 0.262 e. The van der Waals surface area contributed by atoms with E-state index in [9.17, 15) is 24.0 Å². The summed E-state index contributed by atoms with van der Waals surface area (Å²) in [4.78, 5) is 75.5. The lowest BCUT2D eigenvalue weighted by Crippen LogP contribution is -2.66. The molecule has 4 aliphatic heterocycles. The van der Waals surface area contributed by atoms with Crippen LogP contribution in [0.1, 0.15) is 74.6 Å². The van der Waals surface area contributed by atoms with Crippen LogP contribution in [0, 0.1) is 5.41 Å². The van der Waals surface area contributed by atoms with Crippen LogP contribution in [-0.2, 0) is 26.3 Å². The number of carbonyl (C=O) groups excluding carboxylic acids is 5. The minimum Gasteiger partial charge on any atom is -0.487 e.